The van der Waals surface area contributed by atoms with Crippen LogP contribution in [0.4, 0.5) is 18.0 Å². The number of amides is 1. The lowest BCUT2D eigenvalue weighted by Crippen LogP contribution is -2.32. The van der Waals surface area contributed by atoms with Crippen molar-refractivity contribution >= 4 is 6.09 Å². The number of hydrogen-bond acceptors (Lipinski definition) is 3. The number of alkyl halides is 3. The van der Waals surface area contributed by atoms with Crippen molar-refractivity contribution in [2.75, 3.05) is 6.54 Å². The van der Waals surface area contributed by atoms with E-state index in [9.17, 15) is 22.8 Å². The Morgan fingerprint density at radius 1 is 1.36 bits per heavy atom. The molecule has 0 aliphatic rings. The van der Waals surface area contributed by atoms with Crippen LogP contribution in [0.25, 0.3) is 0 Å². The number of rotatable bonds is 1. The standard InChI is InChI=1S/C14H15F3N2O3/c1-13(2,3)22-12(21)18-6-4-5-9-7-10(14(15,16)17)11(20)19-8-9/h7-8H,6H2,1-3H3,(H,18,21)(H,19,20). The topological polar surface area (TPSA) is 71.2 Å². The summed E-state index contributed by atoms with van der Waals surface area (Å²) in [5.74, 6) is 4.88. The fraction of sp³-hybridized carbons (Fsp3) is 0.429. The molecule has 1 aromatic rings. The van der Waals surface area contributed by atoms with Crippen LogP contribution >= 0.6 is 0 Å². The van der Waals surface area contributed by atoms with Crippen LogP contribution in [0.1, 0.15) is 31.9 Å². The van der Waals surface area contributed by atoms with Crippen LogP contribution in [-0.2, 0) is 10.9 Å². The number of H-pyrrole nitrogens is 1. The van der Waals surface area contributed by atoms with Gasteiger partial charge in [-0.15, -0.1) is 0 Å². The number of carbonyl (C=O) groups excluding carboxylic acids is 1. The van der Waals surface area contributed by atoms with Crippen LogP contribution in [-0.4, -0.2) is 23.2 Å². The van der Waals surface area contributed by atoms with Crippen molar-refractivity contribution in [2.45, 2.75) is 32.5 Å². The monoisotopic (exact) mass is 316 g/mol. The molecule has 8 heteroatoms. The molecule has 0 atom stereocenters. The summed E-state index contributed by atoms with van der Waals surface area (Å²) in [4.78, 5) is 24.3. The van der Waals surface area contributed by atoms with Gasteiger partial charge < -0.3 is 15.0 Å². The molecule has 1 aromatic heterocycles. The van der Waals surface area contributed by atoms with Crippen molar-refractivity contribution in [2.24, 2.45) is 0 Å². The average molecular weight is 316 g/mol. The molecule has 5 nitrogen and oxygen atoms in total. The van der Waals surface area contributed by atoms with Gasteiger partial charge in [-0.05, 0) is 26.8 Å². The van der Waals surface area contributed by atoms with E-state index >= 15 is 0 Å². The lowest BCUT2D eigenvalue weighted by Gasteiger charge is -2.18. The van der Waals surface area contributed by atoms with Crippen LogP contribution in [0.5, 0.6) is 0 Å². The predicted octanol–water partition coefficient (Wildman–Crippen LogP) is 2.27. The highest BCUT2D eigenvalue weighted by molar-refractivity contribution is 5.68. The lowest BCUT2D eigenvalue weighted by molar-refractivity contribution is -0.138. The van der Waals surface area contributed by atoms with Crippen molar-refractivity contribution in [1.29, 1.82) is 0 Å². The Morgan fingerprint density at radius 2 is 2.00 bits per heavy atom. The number of aromatic nitrogens is 1. The highest BCUT2D eigenvalue weighted by Gasteiger charge is 2.33. The van der Waals surface area contributed by atoms with E-state index in [0.717, 1.165) is 6.20 Å². The molecule has 0 bridgehead atoms. The van der Waals surface area contributed by atoms with Gasteiger partial charge in [0, 0.05) is 11.8 Å². The molecule has 0 saturated carbocycles. The van der Waals surface area contributed by atoms with Gasteiger partial charge in [0.1, 0.15) is 11.2 Å². The maximum absolute atomic E-state index is 12.5. The molecule has 2 N–H and O–H groups in total. The fourth-order valence-corrected chi connectivity index (χ4v) is 1.34. The molecule has 0 fully saturated rings. The summed E-state index contributed by atoms with van der Waals surface area (Å²) < 4.78 is 42.6. The van der Waals surface area contributed by atoms with Crippen molar-refractivity contribution < 1.29 is 22.7 Å². The number of nitrogens with one attached hydrogen (secondary N) is 2. The third-order valence-electron chi connectivity index (χ3n) is 2.16. The first kappa shape index (κ1) is 17.6. The van der Waals surface area contributed by atoms with Gasteiger partial charge in [0.15, 0.2) is 0 Å². The molecule has 0 saturated heterocycles. The number of ether oxygens (including phenoxy) is 1. The van der Waals surface area contributed by atoms with Crippen LogP contribution in [0, 0.1) is 11.8 Å². The average Bonchev–Trinajstić information content (AvgIpc) is 2.33. The van der Waals surface area contributed by atoms with E-state index in [0.29, 0.717) is 6.07 Å². The summed E-state index contributed by atoms with van der Waals surface area (Å²) in [6.07, 6.45) is -4.36. The summed E-state index contributed by atoms with van der Waals surface area (Å²) in [6.45, 7) is 4.97. The fourth-order valence-electron chi connectivity index (χ4n) is 1.34. The molecule has 1 heterocycles. The second-order valence-electron chi connectivity index (χ2n) is 5.29. The first-order chi connectivity index (χ1) is 9.99. The Bertz CT molecular complexity index is 661. The molecule has 0 unspecified atom stereocenters. The number of aromatic amines is 1. The Balaban J connectivity index is 2.70. The van der Waals surface area contributed by atoms with Gasteiger partial charge in [0.05, 0.1) is 6.54 Å². The van der Waals surface area contributed by atoms with Crippen LogP contribution in [0.15, 0.2) is 17.1 Å². The Kier molecular flexibility index (Phi) is 5.25. The molecule has 120 valence electrons. The maximum Gasteiger partial charge on any atom is 0.421 e. The zero-order valence-electron chi connectivity index (χ0n) is 12.2. The van der Waals surface area contributed by atoms with Gasteiger partial charge in [0.25, 0.3) is 5.56 Å². The number of halogens is 3. The number of carbonyl (C=O) groups is 1. The third-order valence-corrected chi connectivity index (χ3v) is 2.16. The van der Waals surface area contributed by atoms with E-state index in [1.807, 2.05) is 4.98 Å². The summed E-state index contributed by atoms with van der Waals surface area (Å²) in [6, 6.07) is 0.652. The molecule has 0 aliphatic carbocycles. The van der Waals surface area contributed by atoms with Crippen molar-refractivity contribution in [3.63, 3.8) is 0 Å². The predicted molar refractivity (Wildman–Crippen MR) is 73.2 cm³/mol. The third kappa shape index (κ3) is 5.91. The second-order valence-corrected chi connectivity index (χ2v) is 5.29. The van der Waals surface area contributed by atoms with Gasteiger partial charge >= 0.3 is 12.3 Å². The van der Waals surface area contributed by atoms with E-state index in [1.165, 1.54) is 0 Å². The smallest absolute Gasteiger partial charge is 0.421 e. The number of alkyl carbamates (subject to hydrolysis) is 1. The van der Waals surface area contributed by atoms with Gasteiger partial charge in [0.2, 0.25) is 0 Å². The van der Waals surface area contributed by atoms with Gasteiger partial charge in [-0.1, -0.05) is 11.8 Å². The summed E-state index contributed by atoms with van der Waals surface area (Å²) >= 11 is 0. The minimum atomic E-state index is -4.75. The number of hydrogen-bond donors (Lipinski definition) is 2. The van der Waals surface area contributed by atoms with E-state index < -0.39 is 29.0 Å². The van der Waals surface area contributed by atoms with Gasteiger partial charge in [-0.25, -0.2) is 4.79 Å². The van der Waals surface area contributed by atoms with Gasteiger partial charge in [-0.3, -0.25) is 4.79 Å². The van der Waals surface area contributed by atoms with E-state index in [-0.39, 0.29) is 12.1 Å². The first-order valence-corrected chi connectivity index (χ1v) is 6.25. The molecule has 0 radical (unpaired) electrons. The number of pyridine rings is 1. The normalized spacial score (nSPS) is 11.4. The second kappa shape index (κ2) is 6.56. The van der Waals surface area contributed by atoms with Crippen molar-refractivity contribution in [3.8, 4) is 11.8 Å². The Hall–Kier alpha value is -2.43. The highest BCUT2D eigenvalue weighted by atomic mass is 19.4. The van der Waals surface area contributed by atoms with E-state index in [2.05, 4.69) is 17.2 Å². The van der Waals surface area contributed by atoms with E-state index in [1.54, 1.807) is 20.8 Å². The molecular weight excluding hydrogens is 301 g/mol. The van der Waals surface area contributed by atoms with Crippen molar-refractivity contribution in [1.82, 2.24) is 10.3 Å². The maximum atomic E-state index is 12.5. The summed E-state index contributed by atoms with van der Waals surface area (Å²) in [5, 5.41) is 2.34. The van der Waals surface area contributed by atoms with Gasteiger partial charge in [-0.2, -0.15) is 13.2 Å². The van der Waals surface area contributed by atoms with Crippen LogP contribution in [0.3, 0.4) is 0 Å². The minimum absolute atomic E-state index is 0.0158. The molecule has 1 rings (SSSR count). The zero-order chi connectivity index (χ0) is 17.0. The lowest BCUT2D eigenvalue weighted by atomic mass is 10.2. The Morgan fingerprint density at radius 3 is 2.55 bits per heavy atom. The first-order valence-electron chi connectivity index (χ1n) is 6.25. The molecule has 0 spiro atoms. The minimum Gasteiger partial charge on any atom is -0.444 e. The summed E-state index contributed by atoms with van der Waals surface area (Å²) in [7, 11) is 0. The molecule has 1 amide bonds. The van der Waals surface area contributed by atoms with Crippen LogP contribution in [0.2, 0.25) is 0 Å². The van der Waals surface area contributed by atoms with E-state index in [4.69, 9.17) is 4.74 Å². The SMILES string of the molecule is CC(C)(C)OC(=O)NCC#Cc1c[nH]c(=O)c(C(F)(F)F)c1. The zero-order valence-corrected chi connectivity index (χ0v) is 12.2. The molecule has 22 heavy (non-hydrogen) atoms. The summed E-state index contributed by atoms with van der Waals surface area (Å²) in [5.41, 5.74) is -3.22. The quantitative estimate of drug-likeness (QED) is 0.781. The molecule has 0 aromatic carbocycles. The molecule has 0 aliphatic heterocycles. The Labute approximate surface area is 124 Å². The molecular formula is C14H15F3N2O3. The highest BCUT2D eigenvalue weighted by Crippen LogP contribution is 2.26. The van der Waals surface area contributed by atoms with Crippen LogP contribution < -0.4 is 10.9 Å². The van der Waals surface area contributed by atoms with Crippen molar-refractivity contribution in [3.05, 3.63) is 33.7 Å². The largest absolute Gasteiger partial charge is 0.444 e.